The third-order valence-corrected chi connectivity index (χ3v) is 0. The fourth-order valence-corrected chi connectivity index (χ4v) is 0. The third kappa shape index (κ3) is 23.2. The van der Waals surface area contributed by atoms with Gasteiger partial charge in [-0.15, -0.1) is 0 Å². The maximum absolute atomic E-state index is 0. The van der Waals surface area contributed by atoms with E-state index in [1.165, 1.54) is 0 Å². The molecule has 40 valence electrons. The van der Waals surface area contributed by atoms with Gasteiger partial charge in [-0.05, 0) is 0 Å². The first-order chi connectivity index (χ1) is 0. The van der Waals surface area contributed by atoms with Crippen LogP contribution in [0.2, 0.25) is 0 Å². The van der Waals surface area contributed by atoms with Crippen LogP contribution in [0.3, 0.4) is 0 Å². The summed E-state index contributed by atoms with van der Waals surface area (Å²) in [4.78, 5) is 0. The molecule has 0 aromatic carbocycles. The fourth-order valence-electron chi connectivity index (χ4n) is 0. The Hall–Kier alpha value is 4.82. The Morgan fingerprint density at radius 1 is 0.333 bits per heavy atom. The molecule has 0 fully saturated rings. The Morgan fingerprint density at radius 3 is 0.333 bits per heavy atom. The topological polar surface area (TPSA) is 0 Å². The summed E-state index contributed by atoms with van der Waals surface area (Å²) in [5.41, 5.74) is 0. The Labute approximate surface area is 141 Å². The molecule has 0 aliphatic carbocycles. The maximum atomic E-state index is 0. The standard InChI is InChI=1S/Hf.5Te/q+4;5*-2. The van der Waals surface area contributed by atoms with Crippen molar-refractivity contribution in [3.63, 3.8) is 0 Å². The van der Waals surface area contributed by atoms with E-state index in [0.29, 0.717) is 0 Å². The molecule has 0 rings (SSSR count). The van der Waals surface area contributed by atoms with Gasteiger partial charge in [0.15, 0.2) is 0 Å². The van der Waals surface area contributed by atoms with Crippen molar-refractivity contribution in [1.29, 1.82) is 0 Å². The SMILES string of the molecule is [Hf+4].[Te-2].[Te-2].[Te-2].[Te-2].[Te-2]. The Morgan fingerprint density at radius 2 is 0.333 bits per heavy atom. The van der Waals surface area contributed by atoms with Gasteiger partial charge in [0.1, 0.15) is 0 Å². The monoisotopic (exact) mass is 829 g/mol. The van der Waals surface area contributed by atoms with Crippen molar-refractivity contribution in [3.05, 3.63) is 0 Å². The summed E-state index contributed by atoms with van der Waals surface area (Å²) in [7, 11) is 0. The van der Waals surface area contributed by atoms with Gasteiger partial charge in [0.05, 0.1) is 0 Å². The van der Waals surface area contributed by atoms with Crippen molar-refractivity contribution >= 4 is 118 Å². The molecule has 0 atom stereocenters. The van der Waals surface area contributed by atoms with Crippen LogP contribution in [0.4, 0.5) is 0 Å². The average molecular weight is 816 g/mol. The second kappa shape index (κ2) is 32.9. The molecule has 0 unspecified atom stereocenters. The quantitative estimate of drug-likeness (QED) is 0.251. The van der Waals surface area contributed by atoms with Crippen molar-refractivity contribution in [2.45, 2.75) is 0 Å². The number of rotatable bonds is 0. The number of hydrogen-bond acceptors (Lipinski definition) is 0. The minimum Gasteiger partial charge on any atom is -2.00 e. The molecule has 0 aliphatic heterocycles. The molecule has 0 bridgehead atoms. The van der Waals surface area contributed by atoms with E-state index < -0.39 is 0 Å². The van der Waals surface area contributed by atoms with Crippen LogP contribution >= 0.6 is 0 Å². The van der Waals surface area contributed by atoms with Gasteiger partial charge in [-0.25, -0.2) is 0 Å². The summed E-state index contributed by atoms with van der Waals surface area (Å²) in [6.07, 6.45) is 0. The van der Waals surface area contributed by atoms with Crippen LogP contribution in [-0.4, -0.2) is 118 Å². The normalized spacial score (nSPS) is 0. The molecular formula is HfTe5-6. The van der Waals surface area contributed by atoms with Crippen molar-refractivity contribution in [2.75, 3.05) is 0 Å². The second-order valence-electron chi connectivity index (χ2n) is 0. The van der Waals surface area contributed by atoms with Gasteiger partial charge in [0, 0.05) is 0 Å². The fraction of sp³-hybridized carbons (Fsp3) is 0. The molecule has 0 aliphatic rings. The zero-order valence-electron chi connectivity index (χ0n) is 2.54. The first kappa shape index (κ1) is 44.9. The van der Waals surface area contributed by atoms with Gasteiger partial charge in [0.25, 0.3) is 0 Å². The van der Waals surface area contributed by atoms with Crippen molar-refractivity contribution in [3.8, 4) is 0 Å². The van der Waals surface area contributed by atoms with E-state index in [1.54, 1.807) is 0 Å². The van der Waals surface area contributed by atoms with Gasteiger partial charge < -0.3 is 118 Å². The molecule has 0 spiro atoms. The van der Waals surface area contributed by atoms with Crippen LogP contribution in [0.1, 0.15) is 0 Å². The van der Waals surface area contributed by atoms with E-state index in [9.17, 15) is 0 Å². The molecule has 0 amide bonds. The maximum Gasteiger partial charge on any atom is 4.00 e. The molecule has 6 heteroatoms. The average Bonchev–Trinajstić information content (AvgIpc) is 0. The first-order valence-electron chi connectivity index (χ1n) is 0. The van der Waals surface area contributed by atoms with Crippen LogP contribution in [-0.2, 0) is 25.8 Å². The number of hydrogen-bond donors (Lipinski definition) is 0. The zero-order valence-corrected chi connectivity index (χ0v) is 17.8. The smallest absolute Gasteiger partial charge is 2.00 e. The van der Waals surface area contributed by atoms with Crippen LogP contribution in [0.15, 0.2) is 0 Å². The largest absolute Gasteiger partial charge is 4.00 e. The predicted molar refractivity (Wildman–Crippen MR) is 28.8 cm³/mol. The van der Waals surface area contributed by atoms with Crippen molar-refractivity contribution in [2.24, 2.45) is 0 Å². The Kier molecular flexibility index (Phi) is 246. The summed E-state index contributed by atoms with van der Waals surface area (Å²) < 4.78 is 0. The molecule has 0 heterocycles. The molecule has 0 N–H and O–H groups in total. The van der Waals surface area contributed by atoms with E-state index in [1.807, 2.05) is 0 Å². The summed E-state index contributed by atoms with van der Waals surface area (Å²) >= 11 is 0. The van der Waals surface area contributed by atoms with Gasteiger partial charge in [0.2, 0.25) is 0 Å². The predicted octanol–water partition coefficient (Wildman–Crippen LogP) is -1.91. The van der Waals surface area contributed by atoms with Crippen LogP contribution in [0.25, 0.3) is 0 Å². The van der Waals surface area contributed by atoms with E-state index in [-0.39, 0.29) is 144 Å². The third-order valence-electron chi connectivity index (χ3n) is 0. The molecule has 6 heavy (non-hydrogen) atoms. The molecule has 0 aromatic heterocycles. The van der Waals surface area contributed by atoms with Gasteiger partial charge in [-0.2, -0.15) is 0 Å². The minimum absolute atomic E-state index is 0. The van der Waals surface area contributed by atoms with E-state index in [2.05, 4.69) is 0 Å². The van der Waals surface area contributed by atoms with Crippen molar-refractivity contribution < 1.29 is 25.8 Å². The van der Waals surface area contributed by atoms with Crippen LogP contribution in [0, 0.1) is 0 Å². The Balaban J connectivity index is 0. The van der Waals surface area contributed by atoms with Crippen LogP contribution in [0.5, 0.6) is 0 Å². The molecule has 0 saturated heterocycles. The second-order valence-corrected chi connectivity index (χ2v) is 0. The zero-order chi connectivity index (χ0) is 0. The summed E-state index contributed by atoms with van der Waals surface area (Å²) in [6, 6.07) is 0. The van der Waals surface area contributed by atoms with Gasteiger partial charge in [-0.3, -0.25) is 0 Å². The van der Waals surface area contributed by atoms with Gasteiger partial charge >= 0.3 is 25.8 Å². The summed E-state index contributed by atoms with van der Waals surface area (Å²) in [5.74, 6) is 0. The Bertz CT molecular complexity index is 3.90. The molecule has 0 saturated carbocycles. The summed E-state index contributed by atoms with van der Waals surface area (Å²) in [6.45, 7) is 0. The van der Waals surface area contributed by atoms with Gasteiger partial charge in [-0.1, -0.05) is 0 Å². The van der Waals surface area contributed by atoms with E-state index in [0.717, 1.165) is 0 Å². The summed E-state index contributed by atoms with van der Waals surface area (Å²) in [5, 5.41) is 0. The van der Waals surface area contributed by atoms with Crippen LogP contribution < -0.4 is 0 Å². The molecular weight excluding hydrogens is 816 g/mol. The molecule has 0 nitrogen and oxygen atoms in total. The molecule has 0 aromatic rings. The molecule has 0 radical (unpaired) electrons. The van der Waals surface area contributed by atoms with Crippen molar-refractivity contribution in [1.82, 2.24) is 0 Å². The van der Waals surface area contributed by atoms with E-state index in [4.69, 9.17) is 0 Å². The first-order valence-corrected chi connectivity index (χ1v) is 0. The minimum atomic E-state index is 0. The van der Waals surface area contributed by atoms with E-state index >= 15 is 0 Å².